The van der Waals surface area contributed by atoms with Crippen molar-refractivity contribution in [2.75, 3.05) is 0 Å². The van der Waals surface area contributed by atoms with Crippen molar-refractivity contribution in [3.63, 3.8) is 0 Å². The summed E-state index contributed by atoms with van der Waals surface area (Å²) >= 11 is 1.26. The molecule has 0 spiro atoms. The summed E-state index contributed by atoms with van der Waals surface area (Å²) in [6.07, 6.45) is 0. The Hall–Kier alpha value is -1.95. The van der Waals surface area contributed by atoms with Crippen molar-refractivity contribution in [2.45, 2.75) is 0 Å². The molecule has 2 aromatic rings. The van der Waals surface area contributed by atoms with Gasteiger partial charge in [-0.3, -0.25) is 10.1 Å². The first-order valence-corrected chi connectivity index (χ1v) is 4.86. The molecule has 0 amide bonds. The highest BCUT2D eigenvalue weighted by Gasteiger charge is 2.14. The first-order chi connectivity index (χ1) is 7.09. The van der Waals surface area contributed by atoms with Crippen molar-refractivity contribution in [1.82, 2.24) is 0 Å². The molecule has 0 aliphatic carbocycles. The molecule has 0 aliphatic rings. The lowest BCUT2D eigenvalue weighted by Crippen LogP contribution is -1.94. The molecule has 0 atom stereocenters. The standard InChI is InChI=1S/C9H5NO4S/c11-9(12)7-4-15-8-2-1-5(10(13)14)3-6(7)8/h1-4H,(H,11,12). The smallest absolute Gasteiger partial charge is 0.337 e. The first-order valence-electron chi connectivity index (χ1n) is 3.98. The summed E-state index contributed by atoms with van der Waals surface area (Å²) in [6.45, 7) is 0. The van der Waals surface area contributed by atoms with Crippen LogP contribution in [0, 0.1) is 10.1 Å². The number of benzene rings is 1. The third-order valence-electron chi connectivity index (χ3n) is 2.00. The summed E-state index contributed by atoms with van der Waals surface area (Å²) in [6, 6.07) is 4.21. The molecular weight excluding hydrogens is 218 g/mol. The van der Waals surface area contributed by atoms with E-state index in [1.807, 2.05) is 0 Å². The number of thiophene rings is 1. The van der Waals surface area contributed by atoms with E-state index in [1.165, 1.54) is 28.8 Å². The number of non-ortho nitro benzene ring substituents is 1. The van der Waals surface area contributed by atoms with Crippen LogP contribution in [-0.2, 0) is 0 Å². The molecule has 1 aromatic carbocycles. The van der Waals surface area contributed by atoms with Gasteiger partial charge in [-0.25, -0.2) is 4.79 Å². The summed E-state index contributed by atoms with van der Waals surface area (Å²) in [5.74, 6) is -1.07. The number of hydrogen-bond donors (Lipinski definition) is 1. The molecule has 0 aliphatic heterocycles. The number of aromatic carboxylic acids is 1. The lowest BCUT2D eigenvalue weighted by molar-refractivity contribution is -0.384. The number of hydrogen-bond acceptors (Lipinski definition) is 4. The Morgan fingerprint density at radius 2 is 2.20 bits per heavy atom. The Morgan fingerprint density at radius 3 is 2.80 bits per heavy atom. The van der Waals surface area contributed by atoms with Crippen LogP contribution in [0.3, 0.4) is 0 Å². The van der Waals surface area contributed by atoms with E-state index in [2.05, 4.69) is 0 Å². The SMILES string of the molecule is O=C(O)c1csc2ccc([N+](=O)[O-])cc12. The number of fused-ring (bicyclic) bond motifs is 1. The van der Waals surface area contributed by atoms with Gasteiger partial charge in [-0.15, -0.1) is 11.3 Å². The fourth-order valence-corrected chi connectivity index (χ4v) is 2.21. The maximum atomic E-state index is 10.8. The van der Waals surface area contributed by atoms with Crippen molar-refractivity contribution < 1.29 is 14.8 Å². The van der Waals surface area contributed by atoms with Crippen molar-refractivity contribution in [2.24, 2.45) is 0 Å². The van der Waals surface area contributed by atoms with Crippen LogP contribution in [0.25, 0.3) is 10.1 Å². The molecule has 0 saturated heterocycles. The quantitative estimate of drug-likeness (QED) is 0.626. The lowest BCUT2D eigenvalue weighted by atomic mass is 10.1. The second-order valence-electron chi connectivity index (χ2n) is 2.89. The van der Waals surface area contributed by atoms with Gasteiger partial charge in [0.15, 0.2) is 0 Å². The second-order valence-corrected chi connectivity index (χ2v) is 3.80. The van der Waals surface area contributed by atoms with Crippen molar-refractivity contribution in [3.8, 4) is 0 Å². The van der Waals surface area contributed by atoms with Gasteiger partial charge in [-0.2, -0.15) is 0 Å². The fourth-order valence-electron chi connectivity index (χ4n) is 1.30. The molecule has 0 radical (unpaired) electrons. The van der Waals surface area contributed by atoms with Crippen molar-refractivity contribution in [1.29, 1.82) is 0 Å². The van der Waals surface area contributed by atoms with E-state index in [-0.39, 0.29) is 11.3 Å². The van der Waals surface area contributed by atoms with Gasteiger partial charge in [0, 0.05) is 27.6 Å². The van der Waals surface area contributed by atoms with Crippen LogP contribution < -0.4 is 0 Å². The van der Waals surface area contributed by atoms with E-state index in [9.17, 15) is 14.9 Å². The number of nitro groups is 1. The molecule has 1 N–H and O–H groups in total. The normalized spacial score (nSPS) is 10.4. The minimum atomic E-state index is -1.07. The predicted octanol–water partition coefficient (Wildman–Crippen LogP) is 2.51. The van der Waals surface area contributed by atoms with Crippen LogP contribution in [0.2, 0.25) is 0 Å². The van der Waals surface area contributed by atoms with Gasteiger partial charge in [0.2, 0.25) is 0 Å². The average molecular weight is 223 g/mol. The van der Waals surface area contributed by atoms with Crippen LogP contribution in [0.5, 0.6) is 0 Å². The molecule has 76 valence electrons. The first kappa shape index (κ1) is 9.60. The molecule has 15 heavy (non-hydrogen) atoms. The number of nitro benzene ring substituents is 1. The van der Waals surface area contributed by atoms with Crippen LogP contribution in [-0.4, -0.2) is 16.0 Å². The maximum absolute atomic E-state index is 10.8. The van der Waals surface area contributed by atoms with Crippen molar-refractivity contribution >= 4 is 33.1 Å². The third-order valence-corrected chi connectivity index (χ3v) is 2.96. The van der Waals surface area contributed by atoms with Gasteiger partial charge in [0.1, 0.15) is 0 Å². The molecule has 6 heteroatoms. The maximum Gasteiger partial charge on any atom is 0.337 e. The topological polar surface area (TPSA) is 80.4 Å². The number of rotatable bonds is 2. The highest BCUT2D eigenvalue weighted by atomic mass is 32.1. The highest BCUT2D eigenvalue weighted by molar-refractivity contribution is 7.17. The Labute approximate surface area is 87.7 Å². The van der Waals surface area contributed by atoms with Gasteiger partial charge in [0.25, 0.3) is 5.69 Å². The van der Waals surface area contributed by atoms with E-state index in [0.717, 1.165) is 4.70 Å². The van der Waals surface area contributed by atoms with Crippen molar-refractivity contribution in [3.05, 3.63) is 39.3 Å². The summed E-state index contributed by atoms with van der Waals surface area (Å²) in [7, 11) is 0. The molecule has 5 nitrogen and oxygen atoms in total. The minimum absolute atomic E-state index is 0.0941. The third kappa shape index (κ3) is 1.55. The van der Waals surface area contributed by atoms with Gasteiger partial charge < -0.3 is 5.11 Å². The molecule has 2 rings (SSSR count). The number of carboxylic acid groups (broad SMARTS) is 1. The zero-order chi connectivity index (χ0) is 11.0. The number of carbonyl (C=O) groups is 1. The molecule has 1 heterocycles. The Balaban J connectivity index is 2.72. The monoisotopic (exact) mass is 223 g/mol. The Morgan fingerprint density at radius 1 is 1.47 bits per heavy atom. The van der Waals surface area contributed by atoms with E-state index < -0.39 is 10.9 Å². The Kier molecular flexibility index (Phi) is 2.12. The molecule has 0 fully saturated rings. The van der Waals surface area contributed by atoms with Crippen LogP contribution in [0.4, 0.5) is 5.69 Å². The Bertz CT molecular complexity index is 560. The van der Waals surface area contributed by atoms with Gasteiger partial charge in [0.05, 0.1) is 10.5 Å². The zero-order valence-corrected chi connectivity index (χ0v) is 8.15. The van der Waals surface area contributed by atoms with E-state index in [4.69, 9.17) is 5.11 Å². The highest BCUT2D eigenvalue weighted by Crippen LogP contribution is 2.29. The van der Waals surface area contributed by atoms with Gasteiger partial charge in [-0.1, -0.05) is 0 Å². The zero-order valence-electron chi connectivity index (χ0n) is 7.34. The van der Waals surface area contributed by atoms with Crippen LogP contribution in [0.15, 0.2) is 23.6 Å². The second kappa shape index (κ2) is 3.32. The van der Waals surface area contributed by atoms with Crippen LogP contribution in [0.1, 0.15) is 10.4 Å². The van der Waals surface area contributed by atoms with Gasteiger partial charge >= 0.3 is 5.97 Å². The minimum Gasteiger partial charge on any atom is -0.478 e. The van der Waals surface area contributed by atoms with E-state index in [1.54, 1.807) is 6.07 Å². The predicted molar refractivity (Wildman–Crippen MR) is 55.4 cm³/mol. The molecule has 1 aromatic heterocycles. The van der Waals surface area contributed by atoms with Gasteiger partial charge in [-0.05, 0) is 6.07 Å². The average Bonchev–Trinajstić information content (AvgIpc) is 2.59. The van der Waals surface area contributed by atoms with E-state index >= 15 is 0 Å². The summed E-state index contributed by atoms with van der Waals surface area (Å²) in [5.41, 5.74) is 0.0158. The summed E-state index contributed by atoms with van der Waals surface area (Å²) < 4.78 is 0.734. The largest absolute Gasteiger partial charge is 0.478 e. The number of carboxylic acids is 1. The fraction of sp³-hybridized carbons (Fsp3) is 0. The summed E-state index contributed by atoms with van der Waals surface area (Å²) in [5, 5.41) is 21.2. The van der Waals surface area contributed by atoms with E-state index in [0.29, 0.717) is 5.39 Å². The number of nitrogens with zero attached hydrogens (tertiary/aromatic N) is 1. The molecule has 0 bridgehead atoms. The van der Waals surface area contributed by atoms with Crippen LogP contribution >= 0.6 is 11.3 Å². The lowest BCUT2D eigenvalue weighted by Gasteiger charge is -1.93. The molecule has 0 unspecified atom stereocenters. The molecule has 0 saturated carbocycles. The summed E-state index contributed by atoms with van der Waals surface area (Å²) in [4.78, 5) is 20.8. The molecular formula is C9H5NO4S.